The van der Waals surface area contributed by atoms with Crippen molar-refractivity contribution in [1.82, 2.24) is 0 Å². The Morgan fingerprint density at radius 2 is 1.04 bits per heavy atom. The fourth-order valence-electron chi connectivity index (χ4n) is 3.64. The summed E-state index contributed by atoms with van der Waals surface area (Å²) in [5.74, 6) is 0. The van der Waals surface area contributed by atoms with Gasteiger partial charge in [-0.2, -0.15) is 0 Å². The van der Waals surface area contributed by atoms with Crippen LogP contribution in [0.2, 0.25) is 0 Å². The van der Waals surface area contributed by atoms with Gasteiger partial charge in [0.05, 0.1) is 21.5 Å². The minimum atomic E-state index is -4.32. The molecular formula is C22H45NaO4S. The molecule has 2 unspecified atom stereocenters. The van der Waals surface area contributed by atoms with Crippen molar-refractivity contribution in [2.45, 2.75) is 141 Å². The molecule has 0 fully saturated rings. The minimum absolute atomic E-state index is 0. The van der Waals surface area contributed by atoms with E-state index < -0.39 is 21.5 Å². The van der Waals surface area contributed by atoms with Gasteiger partial charge in [-0.15, -0.1) is 0 Å². The molecule has 1 N–H and O–H groups in total. The first kappa shape index (κ1) is 31.1. The molecule has 28 heavy (non-hydrogen) atoms. The van der Waals surface area contributed by atoms with Crippen LogP contribution in [0.25, 0.3) is 0 Å². The third-order valence-corrected chi connectivity index (χ3v) is 6.71. The quantitative estimate of drug-likeness (QED) is 0.183. The molecule has 0 aliphatic heterocycles. The Morgan fingerprint density at radius 1 is 0.679 bits per heavy atom. The molecule has 164 valence electrons. The zero-order chi connectivity index (χ0) is 20.4. The molecule has 0 saturated carbocycles. The van der Waals surface area contributed by atoms with Gasteiger partial charge >= 0.3 is 29.6 Å². The summed E-state index contributed by atoms with van der Waals surface area (Å²) >= 11 is 0. The topological polar surface area (TPSA) is 77.4 Å². The van der Waals surface area contributed by atoms with Crippen LogP contribution in [0.3, 0.4) is 0 Å². The van der Waals surface area contributed by atoms with Gasteiger partial charge in [-0.3, -0.25) is 0 Å². The predicted octanol–water partition coefficient (Wildman–Crippen LogP) is 3.33. The van der Waals surface area contributed by atoms with Crippen molar-refractivity contribution in [3.8, 4) is 0 Å². The molecular weight excluding hydrogens is 383 g/mol. The first-order chi connectivity index (χ1) is 12.9. The summed E-state index contributed by atoms with van der Waals surface area (Å²) < 4.78 is 34.5. The van der Waals surface area contributed by atoms with E-state index in [0.29, 0.717) is 12.8 Å². The van der Waals surface area contributed by atoms with Gasteiger partial charge in [0.25, 0.3) is 0 Å². The van der Waals surface area contributed by atoms with E-state index in [2.05, 4.69) is 13.8 Å². The molecule has 2 atom stereocenters. The Morgan fingerprint density at radius 3 is 1.43 bits per heavy atom. The number of hydrogen-bond donors (Lipinski definition) is 1. The molecule has 0 aromatic heterocycles. The first-order valence-electron chi connectivity index (χ1n) is 11.5. The van der Waals surface area contributed by atoms with E-state index in [9.17, 15) is 18.1 Å². The molecule has 0 rings (SSSR count). The van der Waals surface area contributed by atoms with Crippen LogP contribution < -0.4 is 29.6 Å². The molecule has 0 heterocycles. The molecule has 0 saturated heterocycles. The average Bonchev–Trinajstić information content (AvgIpc) is 2.61. The van der Waals surface area contributed by atoms with E-state index in [1.54, 1.807) is 0 Å². The maximum Gasteiger partial charge on any atom is 1.00 e. The van der Waals surface area contributed by atoms with Crippen LogP contribution in [0.5, 0.6) is 0 Å². The van der Waals surface area contributed by atoms with E-state index in [-0.39, 0.29) is 36.0 Å². The summed E-state index contributed by atoms with van der Waals surface area (Å²) in [7, 11) is -4.32. The van der Waals surface area contributed by atoms with E-state index in [4.69, 9.17) is 0 Å². The summed E-state index contributed by atoms with van der Waals surface area (Å²) in [4.78, 5) is 0. The maximum atomic E-state index is 11.5. The normalized spacial score (nSPS) is 13.9. The van der Waals surface area contributed by atoms with Gasteiger partial charge in [0, 0.05) is 0 Å². The fourth-order valence-corrected chi connectivity index (χ4v) is 4.56. The molecule has 4 nitrogen and oxygen atoms in total. The summed E-state index contributed by atoms with van der Waals surface area (Å²) in [6.07, 6.45) is 17.8. The molecule has 0 radical (unpaired) electrons. The standard InChI is InChI=1S/C22H46O4S.Na/c1-3-5-7-9-11-12-13-15-17-19-22(27(24,25)26)20-21(23)18-16-14-10-8-6-4-2;/h21-23H,3-20H2,1-2H3,(H,24,25,26);/q;+1/p-1. The van der Waals surface area contributed by atoms with E-state index in [1.165, 1.54) is 64.2 Å². The second kappa shape index (κ2) is 21.1. The van der Waals surface area contributed by atoms with Gasteiger partial charge < -0.3 is 9.66 Å². The minimum Gasteiger partial charge on any atom is -0.748 e. The van der Waals surface area contributed by atoms with Gasteiger partial charge in [-0.05, 0) is 19.3 Å². The smallest absolute Gasteiger partial charge is 0.748 e. The Labute approximate surface area is 197 Å². The van der Waals surface area contributed by atoms with E-state index >= 15 is 0 Å². The van der Waals surface area contributed by atoms with Crippen molar-refractivity contribution in [1.29, 1.82) is 0 Å². The Hall–Kier alpha value is 0.870. The van der Waals surface area contributed by atoms with Crippen LogP contribution in [-0.4, -0.2) is 29.4 Å². The molecule has 0 spiro atoms. The van der Waals surface area contributed by atoms with E-state index in [0.717, 1.165) is 32.1 Å². The maximum absolute atomic E-state index is 11.5. The largest absolute Gasteiger partial charge is 1.00 e. The molecule has 0 aromatic carbocycles. The molecule has 6 heteroatoms. The molecule has 0 aliphatic carbocycles. The number of aliphatic hydroxyl groups is 1. The number of rotatable bonds is 20. The molecule has 0 aromatic rings. The van der Waals surface area contributed by atoms with Crippen LogP contribution in [0.4, 0.5) is 0 Å². The van der Waals surface area contributed by atoms with Crippen molar-refractivity contribution in [3.05, 3.63) is 0 Å². The third kappa shape index (κ3) is 20.2. The third-order valence-electron chi connectivity index (χ3n) is 5.46. The number of hydrogen-bond acceptors (Lipinski definition) is 4. The van der Waals surface area contributed by atoms with Crippen molar-refractivity contribution in [3.63, 3.8) is 0 Å². The summed E-state index contributed by atoms with van der Waals surface area (Å²) in [5.41, 5.74) is 0. The van der Waals surface area contributed by atoms with E-state index in [1.807, 2.05) is 0 Å². The van der Waals surface area contributed by atoms with Crippen molar-refractivity contribution < 1.29 is 47.6 Å². The monoisotopic (exact) mass is 428 g/mol. The van der Waals surface area contributed by atoms with Crippen molar-refractivity contribution >= 4 is 10.1 Å². The Balaban J connectivity index is 0. The van der Waals surface area contributed by atoms with Gasteiger partial charge in [0.15, 0.2) is 0 Å². The SMILES string of the molecule is CCCCCCCCCCCC(CC(O)CCCCCCCC)S(=O)(=O)[O-].[Na+]. The Bertz CT molecular complexity index is 415. The fraction of sp³-hybridized carbons (Fsp3) is 1.00. The van der Waals surface area contributed by atoms with Gasteiger partial charge in [-0.1, -0.05) is 110 Å². The predicted molar refractivity (Wildman–Crippen MR) is 114 cm³/mol. The first-order valence-corrected chi connectivity index (χ1v) is 13.0. The molecule has 0 amide bonds. The average molecular weight is 429 g/mol. The number of aliphatic hydroxyl groups excluding tert-OH is 1. The Kier molecular flexibility index (Phi) is 23.4. The van der Waals surface area contributed by atoms with Gasteiger partial charge in [0.2, 0.25) is 0 Å². The van der Waals surface area contributed by atoms with Crippen LogP contribution in [-0.2, 0) is 10.1 Å². The van der Waals surface area contributed by atoms with Crippen molar-refractivity contribution in [2.24, 2.45) is 0 Å². The zero-order valence-electron chi connectivity index (χ0n) is 19.0. The second-order valence-electron chi connectivity index (χ2n) is 8.18. The summed E-state index contributed by atoms with van der Waals surface area (Å²) in [6.45, 7) is 4.39. The zero-order valence-corrected chi connectivity index (χ0v) is 21.8. The van der Waals surface area contributed by atoms with Crippen LogP contribution in [0.15, 0.2) is 0 Å². The van der Waals surface area contributed by atoms with Gasteiger partial charge in [0.1, 0.15) is 0 Å². The molecule has 0 bridgehead atoms. The molecule has 0 aliphatic rings. The summed E-state index contributed by atoms with van der Waals surface area (Å²) in [5, 5.41) is 9.21. The van der Waals surface area contributed by atoms with Gasteiger partial charge in [-0.25, -0.2) is 8.42 Å². The number of unbranched alkanes of at least 4 members (excludes halogenated alkanes) is 13. The van der Waals surface area contributed by atoms with Crippen LogP contribution >= 0.6 is 0 Å². The van der Waals surface area contributed by atoms with Crippen LogP contribution in [0.1, 0.15) is 129 Å². The summed E-state index contributed by atoms with van der Waals surface area (Å²) in [6, 6.07) is 0. The van der Waals surface area contributed by atoms with Crippen molar-refractivity contribution in [2.75, 3.05) is 0 Å². The van der Waals surface area contributed by atoms with Crippen LogP contribution in [0, 0.1) is 0 Å². The second-order valence-corrected chi connectivity index (χ2v) is 9.83.